The van der Waals surface area contributed by atoms with Gasteiger partial charge in [0.25, 0.3) is 10.2 Å². The molecule has 0 amide bonds. The summed E-state index contributed by atoms with van der Waals surface area (Å²) in [4.78, 5) is 0. The van der Waals surface area contributed by atoms with Crippen LogP contribution in [-0.2, 0) is 10.2 Å². The summed E-state index contributed by atoms with van der Waals surface area (Å²) in [5, 5.41) is 3.18. The molecular formula is C10H21N3O2S. The molecule has 2 rings (SSSR count). The molecule has 0 aromatic heterocycles. The van der Waals surface area contributed by atoms with Crippen LogP contribution in [0.2, 0.25) is 0 Å². The Hall–Kier alpha value is -0.170. The summed E-state index contributed by atoms with van der Waals surface area (Å²) in [6.07, 6.45) is 3.13. The van der Waals surface area contributed by atoms with Gasteiger partial charge in [0.2, 0.25) is 0 Å². The summed E-state index contributed by atoms with van der Waals surface area (Å²) >= 11 is 0. The first-order valence-electron chi connectivity index (χ1n) is 6.10. The zero-order chi connectivity index (χ0) is 11.6. The number of piperidine rings is 1. The molecule has 94 valence electrons. The molecule has 2 aliphatic heterocycles. The number of hydrogen-bond acceptors (Lipinski definition) is 3. The van der Waals surface area contributed by atoms with Crippen LogP contribution >= 0.6 is 0 Å². The lowest BCUT2D eigenvalue weighted by molar-refractivity contribution is 0.238. The molecule has 0 aromatic rings. The minimum Gasteiger partial charge on any atom is -0.314 e. The van der Waals surface area contributed by atoms with E-state index < -0.39 is 10.2 Å². The summed E-state index contributed by atoms with van der Waals surface area (Å²) in [6.45, 7) is 5.44. The molecule has 16 heavy (non-hydrogen) atoms. The van der Waals surface area contributed by atoms with Gasteiger partial charge in [-0.15, -0.1) is 0 Å². The van der Waals surface area contributed by atoms with Gasteiger partial charge in [-0.25, -0.2) is 0 Å². The Kier molecular flexibility index (Phi) is 3.84. The van der Waals surface area contributed by atoms with Gasteiger partial charge in [-0.1, -0.05) is 6.42 Å². The molecule has 1 N–H and O–H groups in total. The minimum absolute atomic E-state index is 0.161. The summed E-state index contributed by atoms with van der Waals surface area (Å²) in [5.41, 5.74) is 0. The van der Waals surface area contributed by atoms with Crippen molar-refractivity contribution < 1.29 is 8.42 Å². The van der Waals surface area contributed by atoms with Crippen LogP contribution in [0.4, 0.5) is 0 Å². The Labute approximate surface area is 98.0 Å². The maximum Gasteiger partial charge on any atom is 0.282 e. The van der Waals surface area contributed by atoms with E-state index in [1.165, 1.54) is 0 Å². The predicted octanol–water partition coefficient (Wildman–Crippen LogP) is 0.0108. The van der Waals surface area contributed by atoms with Crippen molar-refractivity contribution >= 4 is 10.2 Å². The van der Waals surface area contributed by atoms with Crippen molar-refractivity contribution in [1.29, 1.82) is 0 Å². The fourth-order valence-electron chi connectivity index (χ4n) is 2.44. The van der Waals surface area contributed by atoms with Gasteiger partial charge in [0.15, 0.2) is 0 Å². The predicted molar refractivity (Wildman–Crippen MR) is 63.4 cm³/mol. The number of rotatable bonds is 2. The van der Waals surface area contributed by atoms with Crippen molar-refractivity contribution in [3.8, 4) is 0 Å². The Balaban J connectivity index is 2.10. The van der Waals surface area contributed by atoms with Crippen molar-refractivity contribution in [2.24, 2.45) is 0 Å². The van der Waals surface area contributed by atoms with Crippen LogP contribution in [0, 0.1) is 0 Å². The minimum atomic E-state index is -3.21. The summed E-state index contributed by atoms with van der Waals surface area (Å²) in [6, 6.07) is 0.161. The van der Waals surface area contributed by atoms with Gasteiger partial charge < -0.3 is 5.32 Å². The third kappa shape index (κ3) is 2.40. The maximum atomic E-state index is 12.4. The molecule has 0 aliphatic carbocycles. The Morgan fingerprint density at radius 1 is 1.12 bits per heavy atom. The Bertz CT molecular complexity index is 325. The quantitative estimate of drug-likeness (QED) is 0.748. The molecule has 2 fully saturated rings. The lowest BCUT2D eigenvalue weighted by atomic mass is 10.1. The van der Waals surface area contributed by atoms with Gasteiger partial charge in [0, 0.05) is 38.8 Å². The van der Waals surface area contributed by atoms with Gasteiger partial charge >= 0.3 is 0 Å². The second-order valence-electron chi connectivity index (χ2n) is 4.61. The summed E-state index contributed by atoms with van der Waals surface area (Å²) in [5.74, 6) is 0. The Morgan fingerprint density at radius 2 is 1.81 bits per heavy atom. The SMILES string of the molecule is C[C@@H]1CCCCN1S(=O)(=O)N1CCNCC1. The molecule has 5 nitrogen and oxygen atoms in total. The number of piperazine rings is 1. The third-order valence-corrected chi connectivity index (χ3v) is 5.59. The standard InChI is InChI=1S/C10H21N3O2S/c1-10-4-2-3-7-13(10)16(14,15)12-8-5-11-6-9-12/h10-11H,2-9H2,1H3/t10-/m1/s1. The molecule has 2 heterocycles. The zero-order valence-electron chi connectivity index (χ0n) is 9.85. The van der Waals surface area contributed by atoms with Crippen molar-refractivity contribution in [3.05, 3.63) is 0 Å². The highest BCUT2D eigenvalue weighted by molar-refractivity contribution is 7.86. The van der Waals surface area contributed by atoms with Crippen LogP contribution in [0.3, 0.4) is 0 Å². The third-order valence-electron chi connectivity index (χ3n) is 3.44. The highest BCUT2D eigenvalue weighted by Crippen LogP contribution is 2.22. The van der Waals surface area contributed by atoms with Crippen LogP contribution in [0.5, 0.6) is 0 Å². The van der Waals surface area contributed by atoms with E-state index in [0.717, 1.165) is 32.4 Å². The molecule has 0 spiro atoms. The number of nitrogens with zero attached hydrogens (tertiary/aromatic N) is 2. The lowest BCUT2D eigenvalue weighted by Gasteiger charge is -2.37. The normalized spacial score (nSPS) is 30.4. The van der Waals surface area contributed by atoms with Crippen molar-refractivity contribution in [2.45, 2.75) is 32.2 Å². The highest BCUT2D eigenvalue weighted by Gasteiger charge is 2.34. The molecule has 0 unspecified atom stereocenters. The molecule has 0 saturated carbocycles. The van der Waals surface area contributed by atoms with E-state index in [1.807, 2.05) is 6.92 Å². The van der Waals surface area contributed by atoms with Crippen molar-refractivity contribution in [2.75, 3.05) is 32.7 Å². The van der Waals surface area contributed by atoms with E-state index in [4.69, 9.17) is 0 Å². The monoisotopic (exact) mass is 247 g/mol. The van der Waals surface area contributed by atoms with Crippen molar-refractivity contribution in [3.63, 3.8) is 0 Å². The van der Waals surface area contributed by atoms with Gasteiger partial charge in [-0.05, 0) is 19.8 Å². The van der Waals surface area contributed by atoms with Gasteiger partial charge in [-0.3, -0.25) is 0 Å². The fraction of sp³-hybridized carbons (Fsp3) is 1.00. The molecular weight excluding hydrogens is 226 g/mol. The van der Waals surface area contributed by atoms with Crippen LogP contribution in [-0.4, -0.2) is 55.8 Å². The van der Waals surface area contributed by atoms with Crippen LogP contribution in [0.1, 0.15) is 26.2 Å². The molecule has 0 radical (unpaired) electrons. The molecule has 2 aliphatic rings. The zero-order valence-corrected chi connectivity index (χ0v) is 10.7. The van der Waals surface area contributed by atoms with Crippen LogP contribution in [0.15, 0.2) is 0 Å². The molecule has 1 atom stereocenters. The van der Waals surface area contributed by atoms with Gasteiger partial charge in [0.05, 0.1) is 0 Å². The van der Waals surface area contributed by atoms with E-state index >= 15 is 0 Å². The maximum absolute atomic E-state index is 12.4. The van der Waals surface area contributed by atoms with E-state index in [1.54, 1.807) is 8.61 Å². The van der Waals surface area contributed by atoms with E-state index in [9.17, 15) is 8.42 Å². The largest absolute Gasteiger partial charge is 0.314 e. The number of hydrogen-bond donors (Lipinski definition) is 1. The second-order valence-corrected chi connectivity index (χ2v) is 6.49. The van der Waals surface area contributed by atoms with Crippen LogP contribution in [0.25, 0.3) is 0 Å². The van der Waals surface area contributed by atoms with Crippen LogP contribution < -0.4 is 5.32 Å². The van der Waals surface area contributed by atoms with Crippen molar-refractivity contribution in [1.82, 2.24) is 13.9 Å². The molecule has 0 aromatic carbocycles. The van der Waals surface area contributed by atoms with E-state index in [2.05, 4.69) is 5.32 Å². The first kappa shape index (κ1) is 12.3. The van der Waals surface area contributed by atoms with E-state index in [-0.39, 0.29) is 6.04 Å². The van der Waals surface area contributed by atoms with E-state index in [0.29, 0.717) is 19.6 Å². The number of nitrogens with one attached hydrogen (secondary N) is 1. The lowest BCUT2D eigenvalue weighted by Crippen LogP contribution is -2.54. The first-order chi connectivity index (χ1) is 7.62. The molecule has 2 saturated heterocycles. The summed E-state index contributed by atoms with van der Waals surface area (Å²) < 4.78 is 28.0. The molecule has 0 bridgehead atoms. The average Bonchev–Trinajstić information content (AvgIpc) is 2.30. The summed E-state index contributed by atoms with van der Waals surface area (Å²) in [7, 11) is -3.21. The van der Waals surface area contributed by atoms with Gasteiger partial charge in [-0.2, -0.15) is 17.0 Å². The van der Waals surface area contributed by atoms with Gasteiger partial charge in [0.1, 0.15) is 0 Å². The topological polar surface area (TPSA) is 52.7 Å². The smallest absolute Gasteiger partial charge is 0.282 e. The second kappa shape index (κ2) is 5.00. The average molecular weight is 247 g/mol. The highest BCUT2D eigenvalue weighted by atomic mass is 32.2. The molecule has 6 heteroatoms. The fourth-order valence-corrected chi connectivity index (χ4v) is 4.30. The Morgan fingerprint density at radius 3 is 2.44 bits per heavy atom. The first-order valence-corrected chi connectivity index (χ1v) is 7.50.